The molecule has 14 heavy (non-hydrogen) atoms. The van der Waals surface area contributed by atoms with Crippen LogP contribution in [0.15, 0.2) is 18.2 Å². The van der Waals surface area contributed by atoms with Gasteiger partial charge in [0.25, 0.3) is 0 Å². The van der Waals surface area contributed by atoms with Crippen LogP contribution in [0.5, 0.6) is 5.75 Å². The Balaban J connectivity index is 0. The first kappa shape index (κ1) is 13.6. The Hall–Kier alpha value is -0.383. The average molecular weight is 186 g/mol. The van der Waals surface area contributed by atoms with Crippen molar-refractivity contribution in [1.29, 1.82) is 0 Å². The fourth-order valence-electron chi connectivity index (χ4n) is 1.33. The summed E-state index contributed by atoms with van der Waals surface area (Å²) in [5.74, 6) is 1.34. The summed E-state index contributed by atoms with van der Waals surface area (Å²) in [4.78, 5) is 0. The van der Waals surface area contributed by atoms with E-state index in [1.54, 1.807) is 0 Å². The third-order valence-corrected chi connectivity index (χ3v) is 2.30. The molecule has 0 atom stereocenters. The Morgan fingerprint density at radius 1 is 0.929 bits per heavy atom. The van der Waals surface area contributed by atoms with E-state index in [9.17, 15) is 5.11 Å². The molecule has 0 aromatic heterocycles. The molecule has 1 nitrogen and oxygen atoms in total. The molecule has 0 radical (unpaired) electrons. The molecule has 0 aliphatic carbocycles. The molecule has 0 aliphatic heterocycles. The molecular weight excluding hydrogens is 167 g/mol. The number of phenolic OH excluding ortho intramolecular Hbond substituents is 1. The SMILES string of the molecule is CC(C)c1cc(O)cc(C(C)C)c1.[H-].[Li+]. The minimum Gasteiger partial charge on any atom is -1.00 e. The summed E-state index contributed by atoms with van der Waals surface area (Å²) in [5.41, 5.74) is 2.42. The Morgan fingerprint density at radius 2 is 1.29 bits per heavy atom. The molecular formula is C12H19LiO. The summed E-state index contributed by atoms with van der Waals surface area (Å²) in [7, 11) is 0. The number of rotatable bonds is 2. The smallest absolute Gasteiger partial charge is 1.00 e. The number of benzene rings is 1. The van der Waals surface area contributed by atoms with E-state index in [4.69, 9.17) is 0 Å². The van der Waals surface area contributed by atoms with Crippen molar-refractivity contribution in [2.24, 2.45) is 0 Å². The molecule has 0 saturated heterocycles. The van der Waals surface area contributed by atoms with Crippen molar-refractivity contribution in [3.05, 3.63) is 29.3 Å². The topological polar surface area (TPSA) is 20.2 Å². The van der Waals surface area contributed by atoms with E-state index in [0.717, 1.165) is 0 Å². The average Bonchev–Trinajstić information content (AvgIpc) is 2.03. The number of aromatic hydroxyl groups is 1. The minimum absolute atomic E-state index is 0. The van der Waals surface area contributed by atoms with Gasteiger partial charge >= 0.3 is 18.9 Å². The molecule has 1 aromatic rings. The molecule has 74 valence electrons. The van der Waals surface area contributed by atoms with E-state index in [1.807, 2.05) is 12.1 Å². The van der Waals surface area contributed by atoms with Gasteiger partial charge in [-0.15, -0.1) is 0 Å². The van der Waals surface area contributed by atoms with Gasteiger partial charge in [-0.25, -0.2) is 0 Å². The zero-order valence-corrected chi connectivity index (χ0v) is 9.83. The summed E-state index contributed by atoms with van der Waals surface area (Å²) < 4.78 is 0. The summed E-state index contributed by atoms with van der Waals surface area (Å²) >= 11 is 0. The zero-order valence-electron chi connectivity index (χ0n) is 10.8. The summed E-state index contributed by atoms with van der Waals surface area (Å²) in [6.07, 6.45) is 0. The van der Waals surface area contributed by atoms with Crippen LogP contribution >= 0.6 is 0 Å². The second kappa shape index (κ2) is 5.49. The minimum atomic E-state index is 0. The molecule has 2 heteroatoms. The summed E-state index contributed by atoms with van der Waals surface area (Å²) in [6, 6.07) is 5.86. The molecule has 1 rings (SSSR count). The molecule has 1 aromatic carbocycles. The molecule has 0 amide bonds. The van der Waals surface area contributed by atoms with Crippen molar-refractivity contribution in [3.63, 3.8) is 0 Å². The third-order valence-electron chi connectivity index (χ3n) is 2.30. The Morgan fingerprint density at radius 3 is 1.57 bits per heavy atom. The van der Waals surface area contributed by atoms with Gasteiger partial charge in [0.1, 0.15) is 5.75 Å². The first-order valence-electron chi connectivity index (χ1n) is 4.84. The standard InChI is InChI=1S/C12H18O.Li.H/c1-8(2)10-5-11(9(3)4)7-12(13)6-10;;/h5-9,13H,1-4H3;;/q;+1;-1. The molecule has 0 spiro atoms. The van der Waals surface area contributed by atoms with Crippen molar-refractivity contribution in [3.8, 4) is 5.75 Å². The van der Waals surface area contributed by atoms with Crippen LogP contribution in [0.1, 0.15) is 52.1 Å². The van der Waals surface area contributed by atoms with Crippen molar-refractivity contribution < 1.29 is 25.4 Å². The number of phenols is 1. The van der Waals surface area contributed by atoms with Crippen molar-refractivity contribution in [2.45, 2.75) is 39.5 Å². The van der Waals surface area contributed by atoms with E-state index >= 15 is 0 Å². The van der Waals surface area contributed by atoms with E-state index in [1.165, 1.54) is 11.1 Å². The van der Waals surface area contributed by atoms with Gasteiger partial charge in [-0.2, -0.15) is 0 Å². The van der Waals surface area contributed by atoms with Gasteiger partial charge in [-0.05, 0) is 35.1 Å². The fourth-order valence-corrected chi connectivity index (χ4v) is 1.33. The maximum Gasteiger partial charge on any atom is 1.00 e. The zero-order chi connectivity index (χ0) is 10.0. The van der Waals surface area contributed by atoms with Crippen molar-refractivity contribution in [2.75, 3.05) is 0 Å². The largest absolute Gasteiger partial charge is 1.00 e. The van der Waals surface area contributed by atoms with Crippen LogP contribution < -0.4 is 18.9 Å². The van der Waals surface area contributed by atoms with E-state index in [2.05, 4.69) is 33.8 Å². The van der Waals surface area contributed by atoms with Crippen LogP contribution in [0.2, 0.25) is 0 Å². The van der Waals surface area contributed by atoms with Gasteiger partial charge in [0, 0.05) is 0 Å². The van der Waals surface area contributed by atoms with Crippen molar-refractivity contribution in [1.82, 2.24) is 0 Å². The normalized spacial score (nSPS) is 10.4. The maximum atomic E-state index is 9.49. The predicted molar refractivity (Wildman–Crippen MR) is 57.4 cm³/mol. The van der Waals surface area contributed by atoms with Gasteiger partial charge in [-0.3, -0.25) is 0 Å². The molecule has 0 unspecified atom stereocenters. The van der Waals surface area contributed by atoms with Gasteiger partial charge in [0.05, 0.1) is 0 Å². The van der Waals surface area contributed by atoms with E-state index in [-0.39, 0.29) is 20.3 Å². The second-order valence-corrected chi connectivity index (χ2v) is 4.17. The Labute approximate surface area is 100 Å². The summed E-state index contributed by atoms with van der Waals surface area (Å²) in [6.45, 7) is 8.55. The maximum absolute atomic E-state index is 9.49. The number of hydrogen-bond donors (Lipinski definition) is 1. The first-order valence-corrected chi connectivity index (χ1v) is 4.84. The molecule has 0 fully saturated rings. The van der Waals surface area contributed by atoms with Gasteiger partial charge in [0.2, 0.25) is 0 Å². The second-order valence-electron chi connectivity index (χ2n) is 4.17. The first-order chi connectivity index (χ1) is 6.00. The third kappa shape index (κ3) is 3.40. The quantitative estimate of drug-likeness (QED) is 0.676. The molecule has 0 aliphatic rings. The van der Waals surface area contributed by atoms with Crippen molar-refractivity contribution >= 4 is 0 Å². The molecule has 0 bridgehead atoms. The molecule has 1 N–H and O–H groups in total. The fraction of sp³-hybridized carbons (Fsp3) is 0.500. The van der Waals surface area contributed by atoms with E-state index in [0.29, 0.717) is 17.6 Å². The predicted octanol–water partition coefficient (Wildman–Crippen LogP) is 0.755. The van der Waals surface area contributed by atoms with Crippen LogP contribution in [0.25, 0.3) is 0 Å². The van der Waals surface area contributed by atoms with Crippen LogP contribution in [-0.4, -0.2) is 5.11 Å². The number of hydrogen-bond acceptors (Lipinski definition) is 1. The van der Waals surface area contributed by atoms with Crippen LogP contribution in [0.4, 0.5) is 0 Å². The van der Waals surface area contributed by atoms with Crippen LogP contribution in [0.3, 0.4) is 0 Å². The van der Waals surface area contributed by atoms with Crippen LogP contribution in [-0.2, 0) is 0 Å². The van der Waals surface area contributed by atoms with Crippen LogP contribution in [0, 0.1) is 0 Å². The Kier molecular flexibility index (Phi) is 5.34. The van der Waals surface area contributed by atoms with Gasteiger partial charge < -0.3 is 6.53 Å². The molecule has 0 heterocycles. The van der Waals surface area contributed by atoms with E-state index < -0.39 is 0 Å². The van der Waals surface area contributed by atoms with Gasteiger partial charge in [0.15, 0.2) is 0 Å². The Bertz CT molecular complexity index is 271. The monoisotopic (exact) mass is 186 g/mol. The summed E-state index contributed by atoms with van der Waals surface area (Å²) in [5, 5.41) is 9.49. The van der Waals surface area contributed by atoms with Gasteiger partial charge in [-0.1, -0.05) is 33.8 Å². The molecule has 0 saturated carbocycles.